The van der Waals surface area contributed by atoms with Crippen molar-refractivity contribution in [3.8, 4) is 17.2 Å². The minimum atomic E-state index is -0.339. The van der Waals surface area contributed by atoms with Crippen molar-refractivity contribution in [1.29, 1.82) is 0 Å². The fourth-order valence-corrected chi connectivity index (χ4v) is 3.41. The summed E-state index contributed by atoms with van der Waals surface area (Å²) in [5.41, 5.74) is 1.51. The highest BCUT2D eigenvalue weighted by molar-refractivity contribution is 6.33. The fraction of sp³-hybridized carbons (Fsp3) is 0.261. The van der Waals surface area contributed by atoms with Gasteiger partial charge in [0, 0.05) is 36.3 Å². The molecule has 1 aliphatic rings. The lowest BCUT2D eigenvalue weighted by atomic mass is 10.1. The summed E-state index contributed by atoms with van der Waals surface area (Å²) in [5.74, 6) is 1.25. The summed E-state index contributed by atoms with van der Waals surface area (Å²) in [6.07, 6.45) is 3.60. The zero-order valence-electron chi connectivity index (χ0n) is 17.7. The molecule has 3 amide bonds. The van der Waals surface area contributed by atoms with Crippen molar-refractivity contribution in [3.63, 3.8) is 0 Å². The van der Waals surface area contributed by atoms with Gasteiger partial charge in [0.15, 0.2) is 0 Å². The van der Waals surface area contributed by atoms with E-state index in [0.29, 0.717) is 51.0 Å². The molecule has 1 aromatic heterocycles. The SMILES string of the molecule is CCNC(=O)Nc1ccc(Oc2ccnc3cc(OC)c(C(=O)NC4CC4)cc23)cc1Cl. The number of urea groups is 1. The number of carbonyl (C=O) groups is 2. The van der Waals surface area contributed by atoms with E-state index in [1.807, 2.05) is 6.92 Å². The Labute approximate surface area is 190 Å². The smallest absolute Gasteiger partial charge is 0.319 e. The average Bonchev–Trinajstić information content (AvgIpc) is 3.59. The number of ether oxygens (including phenoxy) is 2. The second kappa shape index (κ2) is 9.32. The van der Waals surface area contributed by atoms with Crippen LogP contribution in [0.5, 0.6) is 17.2 Å². The van der Waals surface area contributed by atoms with Crippen LogP contribution in [0.25, 0.3) is 10.9 Å². The van der Waals surface area contributed by atoms with Crippen LogP contribution in [0.4, 0.5) is 10.5 Å². The van der Waals surface area contributed by atoms with Gasteiger partial charge >= 0.3 is 6.03 Å². The van der Waals surface area contributed by atoms with E-state index in [2.05, 4.69) is 20.9 Å². The Morgan fingerprint density at radius 2 is 1.97 bits per heavy atom. The second-order valence-electron chi connectivity index (χ2n) is 7.35. The van der Waals surface area contributed by atoms with E-state index in [9.17, 15) is 9.59 Å². The van der Waals surface area contributed by atoms with Gasteiger partial charge in [-0.15, -0.1) is 0 Å². The van der Waals surface area contributed by atoms with Crippen molar-refractivity contribution < 1.29 is 19.1 Å². The van der Waals surface area contributed by atoms with Crippen molar-refractivity contribution in [2.75, 3.05) is 19.0 Å². The third-order valence-corrected chi connectivity index (χ3v) is 5.25. The molecule has 8 nitrogen and oxygen atoms in total. The number of halogens is 1. The molecular formula is C23H23ClN4O4. The highest BCUT2D eigenvalue weighted by Gasteiger charge is 2.26. The number of aromatic nitrogens is 1. The molecule has 0 saturated heterocycles. The Morgan fingerprint density at radius 1 is 1.16 bits per heavy atom. The van der Waals surface area contributed by atoms with Crippen molar-refractivity contribution in [1.82, 2.24) is 15.6 Å². The molecule has 0 unspecified atom stereocenters. The molecule has 0 spiro atoms. The van der Waals surface area contributed by atoms with Crippen molar-refractivity contribution >= 4 is 40.1 Å². The first kappa shape index (κ1) is 21.7. The van der Waals surface area contributed by atoms with Gasteiger partial charge in [0.05, 0.1) is 28.9 Å². The normalized spacial score (nSPS) is 12.8. The van der Waals surface area contributed by atoms with Gasteiger partial charge in [-0.2, -0.15) is 0 Å². The number of carbonyl (C=O) groups excluding carboxylic acids is 2. The molecule has 0 atom stereocenters. The Kier molecular flexibility index (Phi) is 6.32. The van der Waals surface area contributed by atoms with Gasteiger partial charge < -0.3 is 25.4 Å². The standard InChI is InChI=1S/C23H23ClN4O4/c1-3-25-23(30)28-18-7-6-14(10-17(18)24)32-20-8-9-26-19-12-21(31-2)16(11-15(19)20)22(29)27-13-4-5-13/h6-13H,3-5H2,1-2H3,(H,27,29)(H2,25,28,30). The number of rotatable bonds is 7. The highest BCUT2D eigenvalue weighted by Crippen LogP contribution is 2.35. The first-order chi connectivity index (χ1) is 15.5. The van der Waals surface area contributed by atoms with Crippen LogP contribution >= 0.6 is 11.6 Å². The van der Waals surface area contributed by atoms with E-state index in [1.165, 1.54) is 7.11 Å². The molecule has 1 saturated carbocycles. The maximum absolute atomic E-state index is 12.7. The monoisotopic (exact) mass is 454 g/mol. The van der Waals surface area contributed by atoms with E-state index in [0.717, 1.165) is 12.8 Å². The zero-order chi connectivity index (χ0) is 22.7. The maximum atomic E-state index is 12.7. The molecule has 0 aliphatic heterocycles. The lowest BCUT2D eigenvalue weighted by Gasteiger charge is -2.14. The molecule has 1 fully saturated rings. The first-order valence-electron chi connectivity index (χ1n) is 10.3. The first-order valence-corrected chi connectivity index (χ1v) is 10.7. The summed E-state index contributed by atoms with van der Waals surface area (Å²) >= 11 is 6.31. The zero-order valence-corrected chi connectivity index (χ0v) is 18.5. The van der Waals surface area contributed by atoms with Crippen LogP contribution < -0.4 is 25.4 Å². The van der Waals surface area contributed by atoms with Crippen LogP contribution in [0.15, 0.2) is 42.6 Å². The van der Waals surface area contributed by atoms with E-state index in [1.54, 1.807) is 42.6 Å². The van der Waals surface area contributed by atoms with Crippen LogP contribution in [-0.2, 0) is 0 Å². The summed E-state index contributed by atoms with van der Waals surface area (Å²) in [5, 5.41) is 9.30. The third kappa shape index (κ3) is 4.86. The van der Waals surface area contributed by atoms with Crippen LogP contribution in [0, 0.1) is 0 Å². The number of nitrogens with zero attached hydrogens (tertiary/aromatic N) is 1. The number of hydrogen-bond donors (Lipinski definition) is 3. The molecule has 4 rings (SSSR count). The molecule has 3 aromatic rings. The summed E-state index contributed by atoms with van der Waals surface area (Å²) in [7, 11) is 1.52. The summed E-state index contributed by atoms with van der Waals surface area (Å²) in [6, 6.07) is 10.0. The molecule has 2 aromatic carbocycles. The molecule has 32 heavy (non-hydrogen) atoms. The number of nitrogens with one attached hydrogen (secondary N) is 3. The Hall–Kier alpha value is -3.52. The maximum Gasteiger partial charge on any atom is 0.319 e. The van der Waals surface area contributed by atoms with E-state index in [-0.39, 0.29) is 18.0 Å². The number of anilines is 1. The van der Waals surface area contributed by atoms with E-state index >= 15 is 0 Å². The minimum absolute atomic E-state index is 0.190. The molecular weight excluding hydrogens is 432 g/mol. The fourth-order valence-electron chi connectivity index (χ4n) is 3.19. The van der Waals surface area contributed by atoms with Crippen molar-refractivity contribution in [2.45, 2.75) is 25.8 Å². The molecule has 3 N–H and O–H groups in total. The van der Waals surface area contributed by atoms with Crippen molar-refractivity contribution in [2.24, 2.45) is 0 Å². The third-order valence-electron chi connectivity index (χ3n) is 4.93. The number of pyridine rings is 1. The van der Waals surface area contributed by atoms with Crippen LogP contribution in [0.1, 0.15) is 30.1 Å². The lowest BCUT2D eigenvalue weighted by molar-refractivity contribution is 0.0948. The van der Waals surface area contributed by atoms with Gasteiger partial charge in [-0.05, 0) is 44.0 Å². The largest absolute Gasteiger partial charge is 0.496 e. The van der Waals surface area contributed by atoms with E-state index in [4.69, 9.17) is 21.1 Å². The van der Waals surface area contributed by atoms with Crippen molar-refractivity contribution in [3.05, 3.63) is 53.2 Å². The number of fused-ring (bicyclic) bond motifs is 1. The van der Waals surface area contributed by atoms with Gasteiger partial charge in [0.25, 0.3) is 5.91 Å². The lowest BCUT2D eigenvalue weighted by Crippen LogP contribution is -2.28. The predicted octanol–water partition coefficient (Wildman–Crippen LogP) is 4.72. The molecule has 0 radical (unpaired) electrons. The number of amides is 3. The van der Waals surface area contributed by atoms with Gasteiger partial charge in [-0.3, -0.25) is 9.78 Å². The van der Waals surface area contributed by atoms with Crippen LogP contribution in [-0.4, -0.2) is 36.6 Å². The topological polar surface area (TPSA) is 102 Å². The second-order valence-corrected chi connectivity index (χ2v) is 7.76. The molecule has 166 valence electrons. The quantitative estimate of drug-likeness (QED) is 0.479. The molecule has 1 aliphatic carbocycles. The number of hydrogen-bond acceptors (Lipinski definition) is 5. The number of benzene rings is 2. The Morgan fingerprint density at radius 3 is 2.66 bits per heavy atom. The van der Waals surface area contributed by atoms with Gasteiger partial charge in [0.2, 0.25) is 0 Å². The minimum Gasteiger partial charge on any atom is -0.496 e. The molecule has 1 heterocycles. The highest BCUT2D eigenvalue weighted by atomic mass is 35.5. The summed E-state index contributed by atoms with van der Waals surface area (Å²) < 4.78 is 11.5. The van der Waals surface area contributed by atoms with Crippen LogP contribution in [0.3, 0.4) is 0 Å². The van der Waals surface area contributed by atoms with E-state index < -0.39 is 0 Å². The Balaban J connectivity index is 1.63. The summed E-state index contributed by atoms with van der Waals surface area (Å²) in [4.78, 5) is 28.8. The van der Waals surface area contributed by atoms with Crippen LogP contribution in [0.2, 0.25) is 5.02 Å². The molecule has 0 bridgehead atoms. The van der Waals surface area contributed by atoms with Gasteiger partial charge in [-0.1, -0.05) is 11.6 Å². The molecule has 9 heteroatoms. The Bertz CT molecular complexity index is 1180. The average molecular weight is 455 g/mol. The van der Waals surface area contributed by atoms with Gasteiger partial charge in [-0.25, -0.2) is 4.79 Å². The van der Waals surface area contributed by atoms with Gasteiger partial charge in [0.1, 0.15) is 17.2 Å². The predicted molar refractivity (Wildman–Crippen MR) is 123 cm³/mol. The summed E-state index contributed by atoms with van der Waals surface area (Å²) in [6.45, 7) is 2.33. The number of methoxy groups -OCH3 is 1.